The molecular formula is C14H21NO3. The standard InChI is InChI=1S/C14H21NO3/c1-14(7-4-8-18-14)13(15)11-6-5-10(16-2)9-12(11)17-3/h5-6,9,13H,4,7-8,15H2,1-3H3. The van der Waals surface area contributed by atoms with Crippen molar-refractivity contribution in [3.63, 3.8) is 0 Å². The van der Waals surface area contributed by atoms with Crippen LogP contribution in [0.3, 0.4) is 0 Å². The Labute approximate surface area is 108 Å². The second-order valence-electron chi connectivity index (χ2n) is 4.85. The third-order valence-electron chi connectivity index (χ3n) is 3.68. The van der Waals surface area contributed by atoms with Gasteiger partial charge in [0.2, 0.25) is 0 Å². The first-order chi connectivity index (χ1) is 8.60. The maximum absolute atomic E-state index is 6.36. The van der Waals surface area contributed by atoms with Gasteiger partial charge in [-0.25, -0.2) is 0 Å². The second-order valence-corrected chi connectivity index (χ2v) is 4.85. The highest BCUT2D eigenvalue weighted by atomic mass is 16.5. The van der Waals surface area contributed by atoms with Crippen LogP contribution in [-0.2, 0) is 4.74 Å². The second kappa shape index (κ2) is 5.16. The maximum atomic E-state index is 6.36. The largest absolute Gasteiger partial charge is 0.497 e. The molecule has 4 nitrogen and oxygen atoms in total. The van der Waals surface area contributed by atoms with E-state index in [-0.39, 0.29) is 11.6 Å². The molecule has 1 aromatic carbocycles. The summed E-state index contributed by atoms with van der Waals surface area (Å²) in [4.78, 5) is 0. The number of hydrogen-bond acceptors (Lipinski definition) is 4. The van der Waals surface area contributed by atoms with Crippen molar-refractivity contribution in [1.29, 1.82) is 0 Å². The van der Waals surface area contributed by atoms with Crippen LogP contribution < -0.4 is 15.2 Å². The third-order valence-corrected chi connectivity index (χ3v) is 3.68. The van der Waals surface area contributed by atoms with Crippen molar-refractivity contribution in [2.45, 2.75) is 31.4 Å². The first-order valence-corrected chi connectivity index (χ1v) is 6.22. The molecule has 1 aliphatic heterocycles. The molecule has 2 atom stereocenters. The maximum Gasteiger partial charge on any atom is 0.127 e. The average molecular weight is 251 g/mol. The van der Waals surface area contributed by atoms with Gasteiger partial charge in [0.1, 0.15) is 11.5 Å². The summed E-state index contributed by atoms with van der Waals surface area (Å²) in [5, 5.41) is 0. The van der Waals surface area contributed by atoms with Crippen molar-refractivity contribution in [3.05, 3.63) is 23.8 Å². The van der Waals surface area contributed by atoms with Gasteiger partial charge >= 0.3 is 0 Å². The third kappa shape index (κ3) is 2.31. The van der Waals surface area contributed by atoms with Crippen LogP contribution in [0.4, 0.5) is 0 Å². The van der Waals surface area contributed by atoms with Gasteiger partial charge in [-0.3, -0.25) is 0 Å². The van der Waals surface area contributed by atoms with Crippen LogP contribution >= 0.6 is 0 Å². The fraction of sp³-hybridized carbons (Fsp3) is 0.571. The summed E-state index contributed by atoms with van der Waals surface area (Å²) in [5.41, 5.74) is 7.01. The van der Waals surface area contributed by atoms with E-state index >= 15 is 0 Å². The Bertz CT molecular complexity index is 414. The zero-order valence-corrected chi connectivity index (χ0v) is 11.2. The fourth-order valence-corrected chi connectivity index (χ4v) is 2.45. The highest BCUT2D eigenvalue weighted by Gasteiger charge is 2.38. The van der Waals surface area contributed by atoms with Gasteiger partial charge in [0.15, 0.2) is 0 Å². The Morgan fingerprint density at radius 3 is 2.67 bits per heavy atom. The van der Waals surface area contributed by atoms with E-state index in [1.54, 1.807) is 14.2 Å². The van der Waals surface area contributed by atoms with E-state index in [0.717, 1.165) is 36.5 Å². The van der Waals surface area contributed by atoms with Crippen molar-refractivity contribution in [3.8, 4) is 11.5 Å². The number of rotatable bonds is 4. The van der Waals surface area contributed by atoms with Crippen LogP contribution in [0, 0.1) is 0 Å². The topological polar surface area (TPSA) is 53.7 Å². The van der Waals surface area contributed by atoms with Crippen molar-refractivity contribution in [2.24, 2.45) is 5.73 Å². The molecule has 0 radical (unpaired) electrons. The Hall–Kier alpha value is -1.26. The van der Waals surface area contributed by atoms with Gasteiger partial charge in [-0.1, -0.05) is 0 Å². The lowest BCUT2D eigenvalue weighted by Crippen LogP contribution is -2.37. The summed E-state index contributed by atoms with van der Waals surface area (Å²) in [5.74, 6) is 1.51. The molecule has 0 aromatic heterocycles. The molecule has 1 aromatic rings. The van der Waals surface area contributed by atoms with Crippen molar-refractivity contribution >= 4 is 0 Å². The van der Waals surface area contributed by atoms with Crippen molar-refractivity contribution in [1.82, 2.24) is 0 Å². The number of hydrogen-bond donors (Lipinski definition) is 1. The summed E-state index contributed by atoms with van der Waals surface area (Å²) in [7, 11) is 3.28. The summed E-state index contributed by atoms with van der Waals surface area (Å²) in [6, 6.07) is 5.51. The Morgan fingerprint density at radius 1 is 1.33 bits per heavy atom. The Balaban J connectivity index is 2.32. The molecule has 1 aliphatic rings. The molecule has 1 saturated heterocycles. The van der Waals surface area contributed by atoms with Crippen LogP contribution in [0.5, 0.6) is 11.5 Å². The van der Waals surface area contributed by atoms with Crippen molar-refractivity contribution in [2.75, 3.05) is 20.8 Å². The molecule has 0 saturated carbocycles. The molecule has 0 spiro atoms. The van der Waals surface area contributed by atoms with Gasteiger partial charge in [0.25, 0.3) is 0 Å². The number of methoxy groups -OCH3 is 2. The van der Waals surface area contributed by atoms with E-state index in [2.05, 4.69) is 6.92 Å². The molecule has 0 bridgehead atoms. The van der Waals surface area contributed by atoms with Crippen LogP contribution in [-0.4, -0.2) is 26.4 Å². The predicted molar refractivity (Wildman–Crippen MR) is 70.1 cm³/mol. The molecule has 2 unspecified atom stereocenters. The minimum absolute atomic E-state index is 0.194. The smallest absolute Gasteiger partial charge is 0.127 e. The summed E-state index contributed by atoms with van der Waals surface area (Å²) < 4.78 is 16.4. The first kappa shape index (κ1) is 13.2. The molecule has 100 valence electrons. The van der Waals surface area contributed by atoms with Crippen LogP contribution in [0.15, 0.2) is 18.2 Å². The normalized spacial score (nSPS) is 24.9. The molecule has 18 heavy (non-hydrogen) atoms. The highest BCUT2D eigenvalue weighted by molar-refractivity contribution is 5.43. The van der Waals surface area contributed by atoms with E-state index in [1.807, 2.05) is 18.2 Å². The number of benzene rings is 1. The molecule has 0 amide bonds. The molecular weight excluding hydrogens is 230 g/mol. The average Bonchev–Trinajstić information content (AvgIpc) is 2.85. The summed E-state index contributed by atoms with van der Waals surface area (Å²) in [6.07, 6.45) is 2.03. The molecule has 2 rings (SSSR count). The van der Waals surface area contributed by atoms with Crippen LogP contribution in [0.25, 0.3) is 0 Å². The van der Waals surface area contributed by atoms with Crippen LogP contribution in [0.2, 0.25) is 0 Å². The Kier molecular flexibility index (Phi) is 3.78. The summed E-state index contributed by atoms with van der Waals surface area (Å²) in [6.45, 7) is 2.84. The molecule has 0 aliphatic carbocycles. The van der Waals surface area contributed by atoms with Gasteiger partial charge in [0.05, 0.1) is 25.9 Å². The molecule has 1 heterocycles. The van der Waals surface area contributed by atoms with Gasteiger partial charge < -0.3 is 19.9 Å². The lowest BCUT2D eigenvalue weighted by molar-refractivity contribution is -0.00227. The zero-order valence-electron chi connectivity index (χ0n) is 11.2. The van der Waals surface area contributed by atoms with E-state index in [9.17, 15) is 0 Å². The first-order valence-electron chi connectivity index (χ1n) is 6.22. The predicted octanol–water partition coefficient (Wildman–Crippen LogP) is 2.27. The van der Waals surface area contributed by atoms with E-state index in [0.29, 0.717) is 0 Å². The van der Waals surface area contributed by atoms with Crippen molar-refractivity contribution < 1.29 is 14.2 Å². The Morgan fingerprint density at radius 2 is 2.11 bits per heavy atom. The number of nitrogens with two attached hydrogens (primary N) is 1. The van der Waals surface area contributed by atoms with Gasteiger partial charge in [-0.05, 0) is 31.9 Å². The molecule has 4 heteroatoms. The van der Waals surface area contributed by atoms with E-state index < -0.39 is 0 Å². The minimum Gasteiger partial charge on any atom is -0.497 e. The molecule has 1 fully saturated rings. The fourth-order valence-electron chi connectivity index (χ4n) is 2.45. The lowest BCUT2D eigenvalue weighted by Gasteiger charge is -2.31. The van der Waals surface area contributed by atoms with Gasteiger partial charge in [0, 0.05) is 18.2 Å². The zero-order chi connectivity index (χ0) is 13.2. The lowest BCUT2D eigenvalue weighted by atomic mass is 9.88. The summed E-state index contributed by atoms with van der Waals surface area (Å²) >= 11 is 0. The van der Waals surface area contributed by atoms with E-state index in [4.69, 9.17) is 19.9 Å². The van der Waals surface area contributed by atoms with Gasteiger partial charge in [-0.15, -0.1) is 0 Å². The van der Waals surface area contributed by atoms with E-state index in [1.165, 1.54) is 0 Å². The number of ether oxygens (including phenoxy) is 3. The van der Waals surface area contributed by atoms with Gasteiger partial charge in [-0.2, -0.15) is 0 Å². The SMILES string of the molecule is COc1ccc(C(N)C2(C)CCCO2)c(OC)c1. The van der Waals surface area contributed by atoms with Crippen LogP contribution in [0.1, 0.15) is 31.4 Å². The highest BCUT2D eigenvalue weighted by Crippen LogP contribution is 2.39. The monoisotopic (exact) mass is 251 g/mol. The molecule has 2 N–H and O–H groups in total. The quantitative estimate of drug-likeness (QED) is 0.892. The minimum atomic E-state index is -0.304.